The van der Waals surface area contributed by atoms with E-state index >= 15 is 0 Å². The van der Waals surface area contributed by atoms with Crippen LogP contribution in [0.3, 0.4) is 0 Å². The van der Waals surface area contributed by atoms with Gasteiger partial charge in [-0.25, -0.2) is 4.98 Å². The minimum atomic E-state index is -0.146. The lowest BCUT2D eigenvalue weighted by molar-refractivity contribution is 0.612. The average Bonchev–Trinajstić information content (AvgIpc) is 2.32. The Hall–Kier alpha value is -1.68. The fraction of sp³-hybridized carbons (Fsp3) is 0. The molecule has 0 aromatic heterocycles. The van der Waals surface area contributed by atoms with E-state index in [-0.39, 0.29) is 5.43 Å². The Morgan fingerprint density at radius 1 is 1.12 bits per heavy atom. The molecule has 0 fully saturated rings. The van der Waals surface area contributed by atoms with Crippen LogP contribution in [0.1, 0.15) is 0 Å². The summed E-state index contributed by atoms with van der Waals surface area (Å²) in [5.41, 5.74) is 1.57. The minimum absolute atomic E-state index is 0.146. The number of para-hydroxylation sites is 2. The summed E-state index contributed by atoms with van der Waals surface area (Å²) in [7, 11) is 0. The van der Waals surface area contributed by atoms with E-state index < -0.39 is 0 Å². The Morgan fingerprint density at radius 2 is 1.94 bits per heavy atom. The van der Waals surface area contributed by atoms with Crippen LogP contribution in [0, 0.1) is 0 Å². The lowest BCUT2D eigenvalue weighted by Gasteiger charge is -2.05. The van der Waals surface area contributed by atoms with E-state index in [1.54, 1.807) is 12.1 Å². The Balaban J connectivity index is 2.53. The van der Waals surface area contributed by atoms with Crippen LogP contribution in [0.15, 0.2) is 50.1 Å². The third-order valence-corrected chi connectivity index (χ3v) is 2.99. The van der Waals surface area contributed by atoms with E-state index in [9.17, 15) is 4.79 Å². The maximum atomic E-state index is 11.8. The molecule has 0 radical (unpaired) electrons. The quantitative estimate of drug-likeness (QED) is 0.593. The van der Waals surface area contributed by atoms with Crippen molar-refractivity contribution in [2.75, 3.05) is 0 Å². The lowest BCUT2D eigenvalue weighted by Crippen LogP contribution is -2.08. The predicted molar refractivity (Wildman–Crippen MR) is 64.6 cm³/mol. The number of aromatic nitrogens is 1. The summed E-state index contributed by atoms with van der Waals surface area (Å²) < 4.78 is 6.10. The molecule has 0 saturated carbocycles. The van der Waals surface area contributed by atoms with Crippen molar-refractivity contribution in [1.29, 1.82) is 0 Å². The summed E-state index contributed by atoms with van der Waals surface area (Å²) in [4.78, 5) is 16.1. The van der Waals surface area contributed by atoms with E-state index in [1.807, 2.05) is 24.3 Å². The smallest absolute Gasteiger partial charge is 0.222 e. The second-order valence-corrected chi connectivity index (χ2v) is 4.26. The van der Waals surface area contributed by atoms with E-state index in [1.165, 1.54) is 0 Å². The van der Waals surface area contributed by atoms with Crippen LogP contribution in [-0.4, -0.2) is 4.98 Å². The minimum Gasteiger partial charge on any atom is -0.453 e. The highest BCUT2D eigenvalue weighted by Crippen LogP contribution is 2.23. The zero-order valence-electron chi connectivity index (χ0n) is 8.11. The molecule has 0 unspecified atom stereocenters. The first-order valence-corrected chi connectivity index (χ1v) is 5.53. The van der Waals surface area contributed by atoms with Gasteiger partial charge in [-0.2, -0.15) is 0 Å². The fourth-order valence-corrected chi connectivity index (χ4v) is 1.91. The highest BCUT2D eigenvalue weighted by Gasteiger charge is 2.13. The van der Waals surface area contributed by atoms with Gasteiger partial charge in [-0.05, 0) is 40.2 Å². The van der Waals surface area contributed by atoms with Gasteiger partial charge in [0.05, 0.1) is 4.47 Å². The first-order chi connectivity index (χ1) is 7.75. The van der Waals surface area contributed by atoms with Gasteiger partial charge in [0.2, 0.25) is 5.43 Å². The maximum Gasteiger partial charge on any atom is 0.222 e. The molecule has 0 amide bonds. The molecule has 1 aromatic carbocycles. The first-order valence-electron chi connectivity index (χ1n) is 4.74. The van der Waals surface area contributed by atoms with Gasteiger partial charge in [-0.15, -0.1) is 0 Å². The molecule has 0 bridgehead atoms. The van der Waals surface area contributed by atoms with Crippen molar-refractivity contribution in [3.63, 3.8) is 0 Å². The molecule has 1 aliphatic heterocycles. The van der Waals surface area contributed by atoms with Crippen LogP contribution in [0.4, 0.5) is 0 Å². The van der Waals surface area contributed by atoms with E-state index in [0.29, 0.717) is 27.0 Å². The molecule has 0 atom stereocenters. The predicted octanol–water partition coefficient (Wildman–Crippen LogP) is 3.06. The number of rotatable bonds is 0. The molecule has 1 aromatic rings. The van der Waals surface area contributed by atoms with E-state index in [0.717, 1.165) is 0 Å². The number of hydrogen-bond acceptors (Lipinski definition) is 3. The van der Waals surface area contributed by atoms with Crippen molar-refractivity contribution in [3.05, 3.63) is 51.1 Å². The summed E-state index contributed by atoms with van der Waals surface area (Å²) in [5, 5.41) is 0. The molecular formula is C12H6BrNO2. The molecule has 16 heavy (non-hydrogen) atoms. The zero-order chi connectivity index (χ0) is 11.1. The molecule has 3 nitrogen and oxygen atoms in total. The molecule has 2 aliphatic rings. The topological polar surface area (TPSA) is 43.1 Å². The summed E-state index contributed by atoms with van der Waals surface area (Å²) in [5.74, 6) is 0.506. The van der Waals surface area contributed by atoms with Crippen LogP contribution in [0.2, 0.25) is 0 Å². The highest BCUT2D eigenvalue weighted by atomic mass is 79.9. The zero-order valence-corrected chi connectivity index (χ0v) is 9.69. The summed E-state index contributed by atoms with van der Waals surface area (Å²) in [6, 6.07) is 10.8. The van der Waals surface area contributed by atoms with Gasteiger partial charge in [0.15, 0.2) is 17.0 Å². The van der Waals surface area contributed by atoms with Gasteiger partial charge in [0.1, 0.15) is 5.52 Å². The number of benzene rings is 2. The van der Waals surface area contributed by atoms with Gasteiger partial charge in [-0.1, -0.05) is 12.1 Å². The lowest BCUT2D eigenvalue weighted by atomic mass is 10.2. The largest absolute Gasteiger partial charge is 0.453 e. The Kier molecular flexibility index (Phi) is 2.04. The van der Waals surface area contributed by atoms with E-state index in [4.69, 9.17) is 4.42 Å². The Labute approximate surface area is 99.2 Å². The van der Waals surface area contributed by atoms with Crippen molar-refractivity contribution in [2.24, 2.45) is 0 Å². The molecule has 1 heterocycles. The van der Waals surface area contributed by atoms with Crippen molar-refractivity contribution in [2.45, 2.75) is 0 Å². The van der Waals surface area contributed by atoms with Crippen LogP contribution in [-0.2, 0) is 0 Å². The third-order valence-electron chi connectivity index (χ3n) is 2.36. The normalized spacial score (nSPS) is 11.1. The Bertz CT molecular complexity index is 705. The second-order valence-electron chi connectivity index (χ2n) is 3.40. The van der Waals surface area contributed by atoms with Gasteiger partial charge >= 0.3 is 0 Å². The number of halogens is 1. The molecule has 0 saturated heterocycles. The fourth-order valence-electron chi connectivity index (χ4n) is 1.59. The van der Waals surface area contributed by atoms with Gasteiger partial charge < -0.3 is 4.42 Å². The standard InChI is InChI=1S/C12H6BrNO2/c13-7-5-6-10-11(12(7)15)14-8-3-1-2-4-9(8)16-10/h1-6H. The van der Waals surface area contributed by atoms with Gasteiger partial charge in [0, 0.05) is 0 Å². The molecule has 0 spiro atoms. The van der Waals surface area contributed by atoms with E-state index in [2.05, 4.69) is 20.9 Å². The summed E-state index contributed by atoms with van der Waals surface area (Å²) >= 11 is 3.19. The van der Waals surface area contributed by atoms with Gasteiger partial charge in [-0.3, -0.25) is 4.79 Å². The summed E-state index contributed by atoms with van der Waals surface area (Å²) in [6.45, 7) is 0. The number of hydrogen-bond donors (Lipinski definition) is 0. The molecule has 0 N–H and O–H groups in total. The molecule has 3 rings (SSSR count). The van der Waals surface area contributed by atoms with Gasteiger partial charge in [0.25, 0.3) is 0 Å². The highest BCUT2D eigenvalue weighted by molar-refractivity contribution is 9.10. The van der Waals surface area contributed by atoms with Crippen LogP contribution in [0.25, 0.3) is 22.6 Å². The molecular weight excluding hydrogens is 270 g/mol. The Morgan fingerprint density at radius 3 is 2.81 bits per heavy atom. The molecule has 78 valence electrons. The summed E-state index contributed by atoms with van der Waals surface area (Å²) in [6.07, 6.45) is 0. The van der Waals surface area contributed by atoms with Crippen LogP contribution < -0.4 is 5.43 Å². The molecule has 4 heteroatoms. The average molecular weight is 276 g/mol. The number of nitrogens with zero attached hydrogens (tertiary/aromatic N) is 1. The molecule has 1 aliphatic carbocycles. The third kappa shape index (κ3) is 1.34. The second kappa shape index (κ2) is 3.42. The maximum absolute atomic E-state index is 11.8. The monoisotopic (exact) mass is 275 g/mol. The van der Waals surface area contributed by atoms with Crippen LogP contribution >= 0.6 is 15.9 Å². The van der Waals surface area contributed by atoms with Crippen molar-refractivity contribution in [3.8, 4) is 11.5 Å². The van der Waals surface area contributed by atoms with Crippen molar-refractivity contribution < 1.29 is 4.42 Å². The van der Waals surface area contributed by atoms with Crippen molar-refractivity contribution >= 4 is 27.0 Å². The SMILES string of the molecule is O=c1c(Br)ccc2oc3ccccc3nc1-2. The van der Waals surface area contributed by atoms with Crippen molar-refractivity contribution in [1.82, 2.24) is 4.98 Å². The number of fused-ring (bicyclic) bond motifs is 2. The first kappa shape index (κ1) is 9.54. The van der Waals surface area contributed by atoms with Crippen LogP contribution in [0.5, 0.6) is 0 Å².